The lowest BCUT2D eigenvalue weighted by Gasteiger charge is -2.23. The van der Waals surface area contributed by atoms with Crippen molar-refractivity contribution in [2.24, 2.45) is 0 Å². The van der Waals surface area contributed by atoms with Gasteiger partial charge < -0.3 is 14.9 Å². The SMILES string of the molecule is OCCC(O)c1ccc2c(c1)c(I)nn2C1CCCCO1. The molecule has 3 rings (SSSR count). The monoisotopic (exact) mass is 402 g/mol. The van der Waals surface area contributed by atoms with Crippen molar-refractivity contribution in [2.45, 2.75) is 38.0 Å². The van der Waals surface area contributed by atoms with Crippen molar-refractivity contribution >= 4 is 33.5 Å². The molecular weight excluding hydrogens is 383 g/mol. The maximum atomic E-state index is 10.0. The first-order valence-electron chi connectivity index (χ1n) is 7.29. The maximum absolute atomic E-state index is 10.0. The third-order valence-electron chi connectivity index (χ3n) is 3.90. The first kappa shape index (κ1) is 15.2. The van der Waals surface area contributed by atoms with Crippen molar-refractivity contribution in [2.75, 3.05) is 13.2 Å². The molecule has 2 aromatic rings. The largest absolute Gasteiger partial charge is 0.396 e. The molecule has 0 aliphatic carbocycles. The Balaban J connectivity index is 1.97. The Morgan fingerprint density at radius 2 is 2.29 bits per heavy atom. The van der Waals surface area contributed by atoms with Crippen LogP contribution in [-0.4, -0.2) is 33.2 Å². The molecule has 0 spiro atoms. The van der Waals surface area contributed by atoms with Crippen LogP contribution in [-0.2, 0) is 4.74 Å². The quantitative estimate of drug-likeness (QED) is 0.772. The molecule has 1 aromatic heterocycles. The summed E-state index contributed by atoms with van der Waals surface area (Å²) in [5.41, 5.74) is 1.85. The second kappa shape index (κ2) is 6.60. The van der Waals surface area contributed by atoms with Gasteiger partial charge in [0.25, 0.3) is 0 Å². The molecule has 2 unspecified atom stereocenters. The van der Waals surface area contributed by atoms with Gasteiger partial charge in [-0.1, -0.05) is 6.07 Å². The van der Waals surface area contributed by atoms with E-state index in [1.165, 1.54) is 0 Å². The molecule has 1 fully saturated rings. The van der Waals surface area contributed by atoms with E-state index in [1.807, 2.05) is 22.9 Å². The molecule has 1 aromatic carbocycles. The number of hydrogen-bond donors (Lipinski definition) is 2. The molecule has 114 valence electrons. The Morgan fingerprint density at radius 1 is 1.43 bits per heavy atom. The molecule has 2 heterocycles. The lowest BCUT2D eigenvalue weighted by Crippen LogP contribution is -2.19. The molecule has 6 heteroatoms. The molecule has 1 aliphatic rings. The summed E-state index contributed by atoms with van der Waals surface area (Å²) < 4.78 is 8.69. The van der Waals surface area contributed by atoms with Gasteiger partial charge in [-0.25, -0.2) is 4.68 Å². The number of fused-ring (bicyclic) bond motifs is 1. The van der Waals surface area contributed by atoms with Crippen LogP contribution in [0.1, 0.15) is 43.6 Å². The Labute approximate surface area is 137 Å². The average molecular weight is 402 g/mol. The van der Waals surface area contributed by atoms with E-state index in [1.54, 1.807) is 0 Å². The van der Waals surface area contributed by atoms with Gasteiger partial charge in [0.15, 0.2) is 6.23 Å². The van der Waals surface area contributed by atoms with E-state index in [0.717, 1.165) is 46.0 Å². The highest BCUT2D eigenvalue weighted by Gasteiger charge is 2.21. The fraction of sp³-hybridized carbons (Fsp3) is 0.533. The molecule has 0 radical (unpaired) electrons. The number of halogens is 1. The third-order valence-corrected chi connectivity index (χ3v) is 4.70. The van der Waals surface area contributed by atoms with E-state index < -0.39 is 6.10 Å². The summed E-state index contributed by atoms with van der Waals surface area (Å²) in [6.07, 6.45) is 2.99. The van der Waals surface area contributed by atoms with Gasteiger partial charge in [-0.15, -0.1) is 0 Å². The first-order valence-corrected chi connectivity index (χ1v) is 8.37. The van der Waals surface area contributed by atoms with Gasteiger partial charge >= 0.3 is 0 Å². The van der Waals surface area contributed by atoms with Crippen LogP contribution in [0.5, 0.6) is 0 Å². The minimum absolute atomic E-state index is 0.0120. The van der Waals surface area contributed by atoms with Crippen LogP contribution in [0.25, 0.3) is 10.9 Å². The highest BCUT2D eigenvalue weighted by atomic mass is 127. The molecule has 2 atom stereocenters. The normalized spacial score (nSPS) is 20.8. The van der Waals surface area contributed by atoms with Crippen molar-refractivity contribution in [1.29, 1.82) is 0 Å². The summed E-state index contributed by atoms with van der Waals surface area (Å²) in [6.45, 7) is 0.765. The third kappa shape index (κ3) is 3.08. The zero-order valence-electron chi connectivity index (χ0n) is 11.7. The fourth-order valence-corrected chi connectivity index (χ4v) is 3.42. The standard InChI is InChI=1S/C15H19IN2O3/c16-15-11-9-10(13(20)6-7-19)4-5-12(11)18(17-15)14-3-1-2-8-21-14/h4-5,9,13-14,19-20H,1-3,6-8H2. The molecule has 1 saturated heterocycles. The van der Waals surface area contributed by atoms with Gasteiger partial charge in [0, 0.05) is 25.0 Å². The van der Waals surface area contributed by atoms with Gasteiger partial charge in [0.05, 0.1) is 11.6 Å². The second-order valence-corrected chi connectivity index (χ2v) is 6.38. The van der Waals surface area contributed by atoms with Gasteiger partial charge in [-0.3, -0.25) is 0 Å². The highest BCUT2D eigenvalue weighted by Crippen LogP contribution is 2.30. The summed E-state index contributed by atoms with van der Waals surface area (Å²) in [6, 6.07) is 5.85. The predicted molar refractivity (Wildman–Crippen MR) is 88.0 cm³/mol. The van der Waals surface area contributed by atoms with Crippen molar-refractivity contribution in [3.05, 3.63) is 27.5 Å². The number of ether oxygens (including phenoxy) is 1. The zero-order valence-corrected chi connectivity index (χ0v) is 13.9. The van der Waals surface area contributed by atoms with Crippen LogP contribution in [0.3, 0.4) is 0 Å². The fourth-order valence-electron chi connectivity index (χ4n) is 2.75. The number of aromatic nitrogens is 2. The van der Waals surface area contributed by atoms with E-state index in [9.17, 15) is 5.11 Å². The minimum Gasteiger partial charge on any atom is -0.396 e. The number of aliphatic hydroxyl groups excluding tert-OH is 2. The average Bonchev–Trinajstić information content (AvgIpc) is 2.85. The molecule has 5 nitrogen and oxygen atoms in total. The molecule has 21 heavy (non-hydrogen) atoms. The summed E-state index contributed by atoms with van der Waals surface area (Å²) in [7, 11) is 0. The van der Waals surface area contributed by atoms with Crippen molar-refractivity contribution in [1.82, 2.24) is 9.78 Å². The molecule has 0 amide bonds. The molecular formula is C15H19IN2O3. The topological polar surface area (TPSA) is 67.5 Å². The van der Waals surface area contributed by atoms with Gasteiger partial charge in [-0.05, 0) is 59.5 Å². The number of benzene rings is 1. The number of rotatable bonds is 4. The first-order chi connectivity index (χ1) is 10.2. The summed E-state index contributed by atoms with van der Waals surface area (Å²) in [5, 5.41) is 24.6. The van der Waals surface area contributed by atoms with Crippen LogP contribution in [0, 0.1) is 3.70 Å². The lowest BCUT2D eigenvalue weighted by atomic mass is 10.1. The Hall–Kier alpha value is -0.700. The van der Waals surface area contributed by atoms with Gasteiger partial charge in [-0.2, -0.15) is 5.10 Å². The number of aliphatic hydroxyl groups is 2. The predicted octanol–water partition coefficient (Wildman–Crippen LogP) is 2.76. The molecule has 2 N–H and O–H groups in total. The zero-order chi connectivity index (χ0) is 14.8. The van der Waals surface area contributed by atoms with Crippen LogP contribution < -0.4 is 0 Å². The second-order valence-electron chi connectivity index (χ2n) is 5.36. The van der Waals surface area contributed by atoms with Crippen LogP contribution >= 0.6 is 22.6 Å². The van der Waals surface area contributed by atoms with Crippen LogP contribution in [0.15, 0.2) is 18.2 Å². The van der Waals surface area contributed by atoms with E-state index in [4.69, 9.17) is 9.84 Å². The molecule has 1 aliphatic heterocycles. The van der Waals surface area contributed by atoms with E-state index in [2.05, 4.69) is 27.7 Å². The van der Waals surface area contributed by atoms with E-state index in [0.29, 0.717) is 6.42 Å². The lowest BCUT2D eigenvalue weighted by molar-refractivity contribution is -0.0368. The Bertz CT molecular complexity index is 623. The van der Waals surface area contributed by atoms with E-state index >= 15 is 0 Å². The maximum Gasteiger partial charge on any atom is 0.150 e. The summed E-state index contributed by atoms with van der Waals surface area (Å²) >= 11 is 2.22. The number of hydrogen-bond acceptors (Lipinski definition) is 4. The Kier molecular flexibility index (Phi) is 4.78. The molecule has 0 bridgehead atoms. The minimum atomic E-state index is -0.635. The van der Waals surface area contributed by atoms with Gasteiger partial charge in [0.1, 0.15) is 3.70 Å². The van der Waals surface area contributed by atoms with Crippen LogP contribution in [0.2, 0.25) is 0 Å². The van der Waals surface area contributed by atoms with Crippen molar-refractivity contribution in [3.8, 4) is 0 Å². The van der Waals surface area contributed by atoms with Crippen LogP contribution in [0.4, 0.5) is 0 Å². The summed E-state index contributed by atoms with van der Waals surface area (Å²) in [5.74, 6) is 0. The number of nitrogens with zero attached hydrogens (tertiary/aromatic N) is 2. The van der Waals surface area contributed by atoms with E-state index in [-0.39, 0.29) is 12.8 Å². The van der Waals surface area contributed by atoms with Crippen molar-refractivity contribution in [3.63, 3.8) is 0 Å². The molecule has 0 saturated carbocycles. The highest BCUT2D eigenvalue weighted by molar-refractivity contribution is 14.1. The smallest absolute Gasteiger partial charge is 0.150 e. The Morgan fingerprint density at radius 3 is 3.00 bits per heavy atom. The van der Waals surface area contributed by atoms with Crippen molar-refractivity contribution < 1.29 is 14.9 Å². The summed E-state index contributed by atoms with van der Waals surface area (Å²) in [4.78, 5) is 0. The van der Waals surface area contributed by atoms with Gasteiger partial charge in [0.2, 0.25) is 0 Å².